The number of nitrogens with zero attached hydrogens (tertiary/aromatic N) is 2. The van der Waals surface area contributed by atoms with Crippen LogP contribution in [0.1, 0.15) is 35.5 Å². The van der Waals surface area contributed by atoms with E-state index in [1.54, 1.807) is 4.90 Å². The lowest BCUT2D eigenvalue weighted by molar-refractivity contribution is -0.121. The van der Waals surface area contributed by atoms with Crippen molar-refractivity contribution in [2.45, 2.75) is 33.4 Å². The molecule has 2 aromatic rings. The Kier molecular flexibility index (Phi) is 3.62. The molecule has 116 valence electrons. The number of aromatic nitrogens is 1. The first-order valence-electron chi connectivity index (χ1n) is 7.22. The van der Waals surface area contributed by atoms with E-state index in [2.05, 4.69) is 5.16 Å². The van der Waals surface area contributed by atoms with Crippen LogP contribution < -0.4 is 15.4 Å². The van der Waals surface area contributed by atoms with Crippen molar-refractivity contribution in [3.63, 3.8) is 0 Å². The molecule has 1 aliphatic rings. The zero-order chi connectivity index (χ0) is 15.9. The van der Waals surface area contributed by atoms with Crippen LogP contribution in [0.3, 0.4) is 0 Å². The number of amides is 1. The van der Waals surface area contributed by atoms with E-state index in [4.69, 9.17) is 15.0 Å². The van der Waals surface area contributed by atoms with Gasteiger partial charge >= 0.3 is 0 Å². The van der Waals surface area contributed by atoms with Crippen LogP contribution in [0.2, 0.25) is 0 Å². The number of anilines is 1. The Morgan fingerprint density at radius 1 is 1.41 bits per heavy atom. The fraction of sp³-hybridized carbons (Fsp3) is 0.375. The second-order valence-electron chi connectivity index (χ2n) is 5.59. The molecule has 3 rings (SSSR count). The van der Waals surface area contributed by atoms with Crippen molar-refractivity contribution >= 4 is 11.6 Å². The maximum absolute atomic E-state index is 12.3. The number of ether oxygens (including phenoxy) is 1. The molecule has 2 heterocycles. The minimum Gasteiger partial charge on any atom is -0.482 e. The molecule has 2 N–H and O–H groups in total. The lowest BCUT2D eigenvalue weighted by Crippen LogP contribution is -2.38. The Morgan fingerprint density at radius 3 is 2.82 bits per heavy atom. The van der Waals surface area contributed by atoms with Gasteiger partial charge in [0.2, 0.25) is 0 Å². The number of benzene rings is 1. The van der Waals surface area contributed by atoms with Gasteiger partial charge in [0, 0.05) is 11.6 Å². The van der Waals surface area contributed by atoms with Crippen LogP contribution in [0, 0.1) is 13.8 Å². The Balaban J connectivity index is 2.01. The molecular weight excluding hydrogens is 282 g/mol. The summed E-state index contributed by atoms with van der Waals surface area (Å²) in [5.41, 5.74) is 9.36. The molecule has 6 nitrogen and oxygen atoms in total. The standard InChI is InChI=1S/C16H19N3O3/c1-9(17)12-4-5-15-14(6-12)19(16(20)8-21-15)7-13-10(2)18-22-11(13)3/h4-6,9H,7-8,17H2,1-3H3. The van der Waals surface area contributed by atoms with Gasteiger partial charge in [-0.05, 0) is 38.5 Å². The van der Waals surface area contributed by atoms with Gasteiger partial charge in [-0.25, -0.2) is 0 Å². The van der Waals surface area contributed by atoms with Crippen molar-refractivity contribution in [1.82, 2.24) is 5.16 Å². The molecule has 0 spiro atoms. The van der Waals surface area contributed by atoms with Crippen molar-refractivity contribution in [3.8, 4) is 5.75 Å². The maximum atomic E-state index is 12.3. The summed E-state index contributed by atoms with van der Waals surface area (Å²) in [6.45, 7) is 6.08. The Labute approximate surface area is 128 Å². The van der Waals surface area contributed by atoms with Crippen LogP contribution in [-0.2, 0) is 11.3 Å². The fourth-order valence-electron chi connectivity index (χ4n) is 2.56. The van der Waals surface area contributed by atoms with Crippen molar-refractivity contribution < 1.29 is 14.1 Å². The van der Waals surface area contributed by atoms with Gasteiger partial charge in [0.1, 0.15) is 11.5 Å². The predicted octanol–water partition coefficient (Wildman–Crippen LogP) is 2.24. The monoisotopic (exact) mass is 301 g/mol. The van der Waals surface area contributed by atoms with Gasteiger partial charge < -0.3 is 19.9 Å². The first-order valence-corrected chi connectivity index (χ1v) is 7.22. The highest BCUT2D eigenvalue weighted by Gasteiger charge is 2.28. The molecule has 0 aliphatic carbocycles. The summed E-state index contributed by atoms with van der Waals surface area (Å²) in [5, 5.41) is 3.94. The average Bonchev–Trinajstić information content (AvgIpc) is 2.81. The molecule has 6 heteroatoms. The van der Waals surface area contributed by atoms with Crippen molar-refractivity contribution in [3.05, 3.63) is 40.8 Å². The van der Waals surface area contributed by atoms with E-state index in [1.807, 2.05) is 39.0 Å². The zero-order valence-electron chi connectivity index (χ0n) is 12.9. The molecule has 1 atom stereocenters. The second-order valence-corrected chi connectivity index (χ2v) is 5.59. The molecule has 0 saturated carbocycles. The van der Waals surface area contributed by atoms with Gasteiger partial charge in [0.15, 0.2) is 6.61 Å². The van der Waals surface area contributed by atoms with E-state index in [9.17, 15) is 4.79 Å². The number of nitrogens with two attached hydrogens (primary N) is 1. The summed E-state index contributed by atoms with van der Waals surface area (Å²) >= 11 is 0. The van der Waals surface area contributed by atoms with Crippen LogP contribution in [-0.4, -0.2) is 17.7 Å². The van der Waals surface area contributed by atoms with Crippen LogP contribution in [0.25, 0.3) is 0 Å². The van der Waals surface area contributed by atoms with Gasteiger partial charge in [-0.1, -0.05) is 11.2 Å². The molecule has 22 heavy (non-hydrogen) atoms. The van der Waals surface area contributed by atoms with E-state index in [0.29, 0.717) is 12.3 Å². The van der Waals surface area contributed by atoms with Crippen LogP contribution in [0.15, 0.2) is 22.7 Å². The predicted molar refractivity (Wildman–Crippen MR) is 81.7 cm³/mol. The molecule has 0 bridgehead atoms. The van der Waals surface area contributed by atoms with Crippen molar-refractivity contribution in [2.75, 3.05) is 11.5 Å². The van der Waals surface area contributed by atoms with Gasteiger partial charge in [-0.15, -0.1) is 0 Å². The quantitative estimate of drug-likeness (QED) is 0.940. The second kappa shape index (κ2) is 5.46. The van der Waals surface area contributed by atoms with E-state index >= 15 is 0 Å². The SMILES string of the molecule is Cc1noc(C)c1CN1C(=O)COc2ccc(C(C)N)cc21. The highest BCUT2D eigenvalue weighted by Crippen LogP contribution is 2.35. The maximum Gasteiger partial charge on any atom is 0.265 e. The number of carbonyl (C=O) groups is 1. The third-order valence-corrected chi connectivity index (χ3v) is 3.95. The number of rotatable bonds is 3. The number of hydrogen-bond acceptors (Lipinski definition) is 5. The molecule has 1 aromatic heterocycles. The summed E-state index contributed by atoms with van der Waals surface area (Å²) in [6.07, 6.45) is 0. The topological polar surface area (TPSA) is 81.6 Å². The lowest BCUT2D eigenvalue weighted by atomic mass is 10.1. The third kappa shape index (κ3) is 2.46. The summed E-state index contributed by atoms with van der Waals surface area (Å²) in [7, 11) is 0. The van der Waals surface area contributed by atoms with Gasteiger partial charge in [-0.2, -0.15) is 0 Å². The van der Waals surface area contributed by atoms with Crippen LogP contribution >= 0.6 is 0 Å². The molecular formula is C16H19N3O3. The molecule has 0 saturated heterocycles. The van der Waals surface area contributed by atoms with Crippen molar-refractivity contribution in [2.24, 2.45) is 5.73 Å². The number of carbonyl (C=O) groups excluding carboxylic acids is 1. The smallest absolute Gasteiger partial charge is 0.265 e. The van der Waals surface area contributed by atoms with E-state index in [-0.39, 0.29) is 18.6 Å². The Bertz CT molecular complexity index is 702. The minimum absolute atomic E-state index is 0.0356. The van der Waals surface area contributed by atoms with E-state index < -0.39 is 0 Å². The lowest BCUT2D eigenvalue weighted by Gasteiger charge is -2.30. The molecule has 0 fully saturated rings. The Morgan fingerprint density at radius 2 is 2.18 bits per heavy atom. The molecule has 1 unspecified atom stereocenters. The summed E-state index contributed by atoms with van der Waals surface area (Å²) in [6, 6.07) is 5.59. The van der Waals surface area contributed by atoms with Crippen LogP contribution in [0.5, 0.6) is 5.75 Å². The third-order valence-electron chi connectivity index (χ3n) is 3.95. The first kappa shape index (κ1) is 14.6. The molecule has 0 radical (unpaired) electrons. The number of hydrogen-bond donors (Lipinski definition) is 1. The highest BCUT2D eigenvalue weighted by atomic mass is 16.5. The molecule has 1 aromatic carbocycles. The zero-order valence-corrected chi connectivity index (χ0v) is 12.9. The summed E-state index contributed by atoms with van der Waals surface area (Å²) in [4.78, 5) is 14.0. The number of aryl methyl sites for hydroxylation is 2. The molecule has 1 aliphatic heterocycles. The van der Waals surface area contributed by atoms with E-state index in [1.165, 1.54) is 0 Å². The average molecular weight is 301 g/mol. The van der Waals surface area contributed by atoms with E-state index in [0.717, 1.165) is 28.3 Å². The van der Waals surface area contributed by atoms with Gasteiger partial charge in [-0.3, -0.25) is 4.79 Å². The molecule has 1 amide bonds. The first-order chi connectivity index (χ1) is 10.5. The minimum atomic E-state index is -0.108. The Hall–Kier alpha value is -2.34. The van der Waals surface area contributed by atoms with Gasteiger partial charge in [0.05, 0.1) is 17.9 Å². The summed E-state index contributed by atoms with van der Waals surface area (Å²) in [5.74, 6) is 1.33. The highest BCUT2D eigenvalue weighted by molar-refractivity contribution is 5.97. The summed E-state index contributed by atoms with van der Waals surface area (Å²) < 4.78 is 10.7. The normalized spacial score (nSPS) is 15.5. The van der Waals surface area contributed by atoms with Crippen molar-refractivity contribution in [1.29, 1.82) is 0 Å². The number of fused-ring (bicyclic) bond motifs is 1. The van der Waals surface area contributed by atoms with Gasteiger partial charge in [0.25, 0.3) is 5.91 Å². The van der Waals surface area contributed by atoms with Crippen LogP contribution in [0.4, 0.5) is 5.69 Å². The fourth-order valence-corrected chi connectivity index (χ4v) is 2.56. The largest absolute Gasteiger partial charge is 0.482 e.